The largest absolute Gasteiger partial charge is 0.480 e. The molecule has 0 rings (SSSR count). The summed E-state index contributed by atoms with van der Waals surface area (Å²) in [5.74, 6) is -5.19. The molecule has 23 heavy (non-hydrogen) atoms. The van der Waals surface area contributed by atoms with Crippen LogP contribution in [0.15, 0.2) is 0 Å². The summed E-state index contributed by atoms with van der Waals surface area (Å²) < 4.78 is 0. The first-order chi connectivity index (χ1) is 10.6. The SMILES string of the molecule is N#CC(=O)O.NCCCC[C@@H](C(=O)O)N(CC(=O)O)CC(=O)O. The molecule has 0 heterocycles. The van der Waals surface area contributed by atoms with E-state index in [4.69, 9.17) is 36.2 Å². The number of carbonyl (C=O) groups is 4. The highest BCUT2D eigenvalue weighted by Crippen LogP contribution is 2.09. The van der Waals surface area contributed by atoms with Gasteiger partial charge in [0.1, 0.15) is 6.04 Å². The van der Waals surface area contributed by atoms with Crippen molar-refractivity contribution < 1.29 is 39.6 Å². The molecule has 0 bridgehead atoms. The zero-order chi connectivity index (χ0) is 18.4. The van der Waals surface area contributed by atoms with Gasteiger partial charge in [0.05, 0.1) is 13.1 Å². The Morgan fingerprint density at radius 3 is 1.70 bits per heavy atom. The fraction of sp³-hybridized carbons (Fsp3) is 0.583. The van der Waals surface area contributed by atoms with Gasteiger partial charge in [-0.1, -0.05) is 6.42 Å². The first-order valence-corrected chi connectivity index (χ1v) is 6.39. The molecule has 11 nitrogen and oxygen atoms in total. The zero-order valence-corrected chi connectivity index (χ0v) is 12.2. The third-order valence-corrected chi connectivity index (χ3v) is 2.43. The maximum Gasteiger partial charge on any atom is 0.408 e. The average molecular weight is 333 g/mol. The quantitative estimate of drug-likeness (QED) is 0.179. The van der Waals surface area contributed by atoms with Gasteiger partial charge in [0.25, 0.3) is 0 Å². The Morgan fingerprint density at radius 2 is 1.43 bits per heavy atom. The smallest absolute Gasteiger partial charge is 0.408 e. The standard InChI is InChI=1S/C10H18N2O6.C2HNO2/c11-4-2-1-3-7(10(17)18)12(5-8(13)14)6-9(15)16;3-1-2(4)5/h7H,1-6,11H2,(H,13,14)(H,15,16)(H,17,18);(H,4,5)/t7-;/m0./s1. The fourth-order valence-electron chi connectivity index (χ4n) is 1.57. The van der Waals surface area contributed by atoms with Crippen LogP contribution in [0.2, 0.25) is 0 Å². The molecule has 0 saturated carbocycles. The Kier molecular flexibility index (Phi) is 12.7. The minimum Gasteiger partial charge on any atom is -0.480 e. The Labute approximate surface area is 131 Å². The second kappa shape index (κ2) is 13.0. The van der Waals surface area contributed by atoms with E-state index in [9.17, 15) is 14.4 Å². The van der Waals surface area contributed by atoms with Crippen LogP contribution in [-0.2, 0) is 19.2 Å². The molecule has 0 aromatic carbocycles. The van der Waals surface area contributed by atoms with E-state index in [-0.39, 0.29) is 6.42 Å². The molecule has 130 valence electrons. The van der Waals surface area contributed by atoms with E-state index in [0.717, 1.165) is 11.0 Å². The second-order valence-electron chi connectivity index (χ2n) is 4.25. The molecule has 1 atom stereocenters. The van der Waals surface area contributed by atoms with Crippen LogP contribution in [0.5, 0.6) is 0 Å². The summed E-state index contributed by atoms with van der Waals surface area (Å²) in [6, 6.07) is -0.177. The van der Waals surface area contributed by atoms with Crippen LogP contribution in [0.3, 0.4) is 0 Å². The summed E-state index contributed by atoms with van der Waals surface area (Å²) in [7, 11) is 0. The molecule has 0 aromatic heterocycles. The average Bonchev–Trinajstić information content (AvgIpc) is 2.42. The van der Waals surface area contributed by atoms with Crippen molar-refractivity contribution in [3.63, 3.8) is 0 Å². The van der Waals surface area contributed by atoms with Crippen molar-refractivity contribution in [3.05, 3.63) is 0 Å². The van der Waals surface area contributed by atoms with E-state index in [1.165, 1.54) is 0 Å². The Bertz CT molecular complexity index is 444. The normalized spacial score (nSPS) is 10.8. The minimum absolute atomic E-state index is 0.174. The fourth-order valence-corrected chi connectivity index (χ4v) is 1.57. The summed E-state index contributed by atoms with van der Waals surface area (Å²) in [5, 5.41) is 41.0. The topological polar surface area (TPSA) is 202 Å². The maximum atomic E-state index is 11.0. The van der Waals surface area contributed by atoms with Crippen molar-refractivity contribution in [3.8, 4) is 6.07 Å². The number of carboxylic acid groups (broad SMARTS) is 4. The van der Waals surface area contributed by atoms with E-state index in [0.29, 0.717) is 19.4 Å². The molecule has 0 spiro atoms. The molecule has 6 N–H and O–H groups in total. The summed E-state index contributed by atoms with van der Waals surface area (Å²) in [6.07, 6.45) is 1.29. The third kappa shape index (κ3) is 14.0. The summed E-state index contributed by atoms with van der Waals surface area (Å²) >= 11 is 0. The highest BCUT2D eigenvalue weighted by atomic mass is 16.4. The van der Waals surface area contributed by atoms with Gasteiger partial charge in [0.2, 0.25) is 0 Å². The number of aliphatic carboxylic acids is 4. The van der Waals surface area contributed by atoms with Gasteiger partial charge >= 0.3 is 23.9 Å². The molecule has 0 aliphatic rings. The van der Waals surface area contributed by atoms with E-state index in [1.807, 2.05) is 0 Å². The Balaban J connectivity index is 0. The first-order valence-electron chi connectivity index (χ1n) is 6.39. The van der Waals surface area contributed by atoms with E-state index < -0.39 is 43.0 Å². The van der Waals surface area contributed by atoms with E-state index >= 15 is 0 Å². The van der Waals surface area contributed by atoms with Gasteiger partial charge in [-0.15, -0.1) is 0 Å². The molecule has 0 fully saturated rings. The van der Waals surface area contributed by atoms with Crippen LogP contribution in [0.25, 0.3) is 0 Å². The van der Waals surface area contributed by atoms with Crippen molar-refractivity contribution in [2.24, 2.45) is 5.73 Å². The lowest BCUT2D eigenvalue weighted by molar-refractivity contribution is -0.149. The molecule has 0 aromatic rings. The molecular weight excluding hydrogens is 314 g/mol. The van der Waals surface area contributed by atoms with Crippen LogP contribution in [0.1, 0.15) is 19.3 Å². The number of nitrogens with two attached hydrogens (primary N) is 1. The number of hydrogen-bond acceptors (Lipinski definition) is 7. The molecule has 0 unspecified atom stereocenters. The molecular formula is C12H19N3O8. The van der Waals surface area contributed by atoms with Crippen molar-refractivity contribution in [1.82, 2.24) is 4.90 Å². The monoisotopic (exact) mass is 333 g/mol. The number of nitrogens with zero attached hydrogens (tertiary/aromatic N) is 2. The Morgan fingerprint density at radius 1 is 1.00 bits per heavy atom. The molecule has 0 amide bonds. The second-order valence-corrected chi connectivity index (χ2v) is 4.25. The molecule has 0 aliphatic carbocycles. The maximum absolute atomic E-state index is 11.0. The van der Waals surface area contributed by atoms with Crippen molar-refractivity contribution in [2.75, 3.05) is 19.6 Å². The number of rotatable bonds is 10. The number of carboxylic acids is 4. The van der Waals surface area contributed by atoms with E-state index in [1.54, 1.807) is 0 Å². The number of nitriles is 1. The van der Waals surface area contributed by atoms with Crippen LogP contribution in [0.4, 0.5) is 0 Å². The lowest BCUT2D eigenvalue weighted by Gasteiger charge is -2.25. The van der Waals surface area contributed by atoms with Gasteiger partial charge in [0.15, 0.2) is 6.07 Å². The van der Waals surface area contributed by atoms with Gasteiger partial charge in [-0.05, 0) is 19.4 Å². The summed E-state index contributed by atoms with van der Waals surface area (Å²) in [4.78, 5) is 42.2. The first kappa shape index (κ1) is 22.6. The molecule has 0 radical (unpaired) electrons. The van der Waals surface area contributed by atoms with Crippen molar-refractivity contribution in [2.45, 2.75) is 25.3 Å². The summed E-state index contributed by atoms with van der Waals surface area (Å²) in [5.41, 5.74) is 5.28. The van der Waals surface area contributed by atoms with Gasteiger partial charge < -0.3 is 26.2 Å². The lowest BCUT2D eigenvalue weighted by atomic mass is 10.1. The number of unbranched alkanes of at least 4 members (excludes halogenated alkanes) is 1. The van der Waals surface area contributed by atoms with Crippen molar-refractivity contribution in [1.29, 1.82) is 5.26 Å². The highest BCUT2D eigenvalue weighted by molar-refractivity contribution is 5.83. The predicted octanol–water partition coefficient (Wildman–Crippen LogP) is -1.37. The van der Waals surface area contributed by atoms with Gasteiger partial charge in [-0.2, -0.15) is 5.26 Å². The van der Waals surface area contributed by atoms with Gasteiger partial charge in [-0.3, -0.25) is 19.3 Å². The van der Waals surface area contributed by atoms with Crippen molar-refractivity contribution >= 4 is 23.9 Å². The van der Waals surface area contributed by atoms with Crippen LogP contribution in [-0.4, -0.2) is 74.9 Å². The molecule has 0 aliphatic heterocycles. The third-order valence-electron chi connectivity index (χ3n) is 2.43. The van der Waals surface area contributed by atoms with Gasteiger partial charge in [-0.25, -0.2) is 4.79 Å². The zero-order valence-electron chi connectivity index (χ0n) is 12.2. The number of hydrogen-bond donors (Lipinski definition) is 5. The van der Waals surface area contributed by atoms with Crippen LogP contribution < -0.4 is 5.73 Å². The molecule has 0 saturated heterocycles. The molecule has 11 heteroatoms. The lowest BCUT2D eigenvalue weighted by Crippen LogP contribution is -2.46. The van der Waals surface area contributed by atoms with E-state index in [2.05, 4.69) is 0 Å². The van der Waals surface area contributed by atoms with Crippen LogP contribution in [0, 0.1) is 11.3 Å². The Hall–Kier alpha value is -2.71. The highest BCUT2D eigenvalue weighted by Gasteiger charge is 2.28. The van der Waals surface area contributed by atoms with Crippen LogP contribution >= 0.6 is 0 Å². The predicted molar refractivity (Wildman–Crippen MR) is 74.4 cm³/mol. The van der Waals surface area contributed by atoms with Gasteiger partial charge in [0, 0.05) is 0 Å². The minimum atomic E-state index is -1.44. The summed E-state index contributed by atoms with van der Waals surface area (Å²) in [6.45, 7) is -0.831.